The van der Waals surface area contributed by atoms with Gasteiger partial charge < -0.3 is 4.74 Å². The molecule has 2 aromatic carbocycles. The van der Waals surface area contributed by atoms with E-state index < -0.39 is 0 Å². The molecule has 32 heavy (non-hydrogen) atoms. The molecule has 3 rings (SSSR count). The lowest BCUT2D eigenvalue weighted by atomic mass is 10.0. The van der Waals surface area contributed by atoms with Gasteiger partial charge in [-0.2, -0.15) is 0 Å². The second-order valence-electron chi connectivity index (χ2n) is 8.67. The van der Waals surface area contributed by atoms with Gasteiger partial charge in [0.25, 0.3) is 0 Å². The van der Waals surface area contributed by atoms with Crippen LogP contribution in [-0.4, -0.2) is 9.97 Å². The molecule has 3 nitrogen and oxygen atoms in total. The lowest BCUT2D eigenvalue weighted by molar-refractivity contribution is 0.303. The average Bonchev–Trinajstić information content (AvgIpc) is 2.84. The number of nitrogens with zero attached hydrogens (tertiary/aromatic N) is 2. The highest BCUT2D eigenvalue weighted by atomic mass is 16.5. The van der Waals surface area contributed by atoms with Crippen LogP contribution in [0.1, 0.15) is 81.9 Å². The topological polar surface area (TPSA) is 35.0 Å². The molecule has 0 aliphatic heterocycles. The van der Waals surface area contributed by atoms with Crippen molar-refractivity contribution in [3.63, 3.8) is 0 Å². The number of unbranched alkanes of at least 4 members (excludes halogenated alkanes) is 6. The lowest BCUT2D eigenvalue weighted by Crippen LogP contribution is -1.98. The highest BCUT2D eigenvalue weighted by Gasteiger charge is 2.04. The van der Waals surface area contributed by atoms with E-state index in [4.69, 9.17) is 4.74 Å². The Labute approximate surface area is 194 Å². The third-order valence-electron chi connectivity index (χ3n) is 5.91. The molecule has 0 fully saturated rings. The maximum absolute atomic E-state index is 5.89. The summed E-state index contributed by atoms with van der Waals surface area (Å²) in [6, 6.07) is 17.4. The predicted molar refractivity (Wildman–Crippen MR) is 134 cm³/mol. The first-order chi connectivity index (χ1) is 15.8. The van der Waals surface area contributed by atoms with Gasteiger partial charge in [0.15, 0.2) is 11.6 Å². The zero-order valence-electron chi connectivity index (χ0n) is 19.9. The maximum atomic E-state index is 5.89. The van der Waals surface area contributed by atoms with Crippen LogP contribution < -0.4 is 4.74 Å². The van der Waals surface area contributed by atoms with E-state index in [1.54, 1.807) is 12.4 Å². The quantitative estimate of drug-likeness (QED) is 0.243. The third-order valence-corrected chi connectivity index (χ3v) is 5.91. The molecule has 0 spiro atoms. The van der Waals surface area contributed by atoms with Gasteiger partial charge in [-0.1, -0.05) is 101 Å². The molecule has 3 aromatic rings. The molecule has 1 aromatic heterocycles. The fraction of sp³-hybridized carbons (Fsp3) is 0.448. The van der Waals surface area contributed by atoms with Gasteiger partial charge in [0, 0.05) is 5.56 Å². The SMILES string of the molecule is CCCCCCCc1ccc(-c2ncc(OCc3ccc(CCCCC)cc3)cn2)cc1. The van der Waals surface area contributed by atoms with Crippen LogP contribution in [0.2, 0.25) is 0 Å². The fourth-order valence-electron chi connectivity index (χ4n) is 3.84. The van der Waals surface area contributed by atoms with E-state index in [2.05, 4.69) is 72.3 Å². The van der Waals surface area contributed by atoms with Crippen molar-refractivity contribution in [1.82, 2.24) is 9.97 Å². The van der Waals surface area contributed by atoms with Crippen molar-refractivity contribution in [2.75, 3.05) is 0 Å². The fourth-order valence-corrected chi connectivity index (χ4v) is 3.84. The second kappa shape index (κ2) is 13.7. The van der Waals surface area contributed by atoms with E-state index in [-0.39, 0.29) is 0 Å². The van der Waals surface area contributed by atoms with Crippen LogP contribution in [0, 0.1) is 0 Å². The molecule has 0 bridgehead atoms. The first-order valence-corrected chi connectivity index (χ1v) is 12.4. The van der Waals surface area contributed by atoms with Crippen molar-refractivity contribution >= 4 is 0 Å². The van der Waals surface area contributed by atoms with Gasteiger partial charge in [-0.05, 0) is 42.4 Å². The Kier molecular flexibility index (Phi) is 10.2. The van der Waals surface area contributed by atoms with Crippen molar-refractivity contribution < 1.29 is 4.74 Å². The summed E-state index contributed by atoms with van der Waals surface area (Å²) >= 11 is 0. The minimum absolute atomic E-state index is 0.533. The highest BCUT2D eigenvalue weighted by Crippen LogP contribution is 2.19. The van der Waals surface area contributed by atoms with Crippen molar-refractivity contribution in [2.45, 2.75) is 84.7 Å². The minimum atomic E-state index is 0.533. The Balaban J connectivity index is 1.45. The standard InChI is InChI=1S/C29H38N2O/c1-3-5-7-8-10-12-25-17-19-27(20-18-25)29-30-21-28(22-31-29)32-23-26-15-13-24(14-16-26)11-9-6-4-2/h13-22H,3-12,23H2,1-2H3. The molecule has 0 amide bonds. The number of hydrogen-bond acceptors (Lipinski definition) is 3. The molecular weight excluding hydrogens is 392 g/mol. The van der Waals surface area contributed by atoms with Gasteiger partial charge in [-0.3, -0.25) is 0 Å². The normalized spacial score (nSPS) is 10.9. The van der Waals surface area contributed by atoms with Crippen LogP contribution in [0.4, 0.5) is 0 Å². The molecule has 0 unspecified atom stereocenters. The van der Waals surface area contributed by atoms with Crippen molar-refractivity contribution in [1.29, 1.82) is 0 Å². The Morgan fingerprint density at radius 1 is 0.594 bits per heavy atom. The first kappa shape index (κ1) is 24.0. The smallest absolute Gasteiger partial charge is 0.159 e. The monoisotopic (exact) mass is 430 g/mol. The van der Waals surface area contributed by atoms with Gasteiger partial charge in [0.2, 0.25) is 0 Å². The average molecular weight is 431 g/mol. The zero-order chi connectivity index (χ0) is 22.4. The molecule has 0 saturated heterocycles. The summed E-state index contributed by atoms with van der Waals surface area (Å²) in [4.78, 5) is 9.01. The van der Waals surface area contributed by atoms with E-state index in [1.165, 1.54) is 68.1 Å². The first-order valence-electron chi connectivity index (χ1n) is 12.4. The van der Waals surface area contributed by atoms with Crippen LogP contribution >= 0.6 is 0 Å². The number of hydrogen-bond donors (Lipinski definition) is 0. The molecule has 170 valence electrons. The Hall–Kier alpha value is -2.68. The number of rotatable bonds is 14. The summed E-state index contributed by atoms with van der Waals surface area (Å²) in [5.41, 5.74) is 5.00. The van der Waals surface area contributed by atoms with E-state index in [0.29, 0.717) is 12.4 Å². The van der Waals surface area contributed by atoms with E-state index in [0.717, 1.165) is 24.2 Å². The summed E-state index contributed by atoms with van der Waals surface area (Å²) < 4.78 is 5.89. The largest absolute Gasteiger partial charge is 0.486 e. The summed E-state index contributed by atoms with van der Waals surface area (Å²) in [6.45, 7) is 5.03. The van der Waals surface area contributed by atoms with Crippen LogP contribution in [0.3, 0.4) is 0 Å². The Morgan fingerprint density at radius 2 is 1.09 bits per heavy atom. The van der Waals surface area contributed by atoms with Crippen LogP contribution in [0.5, 0.6) is 5.75 Å². The number of aryl methyl sites for hydroxylation is 2. The molecule has 0 aliphatic rings. The second-order valence-corrected chi connectivity index (χ2v) is 8.67. The Bertz CT molecular complexity index is 886. The van der Waals surface area contributed by atoms with Gasteiger partial charge >= 0.3 is 0 Å². The molecule has 0 atom stereocenters. The molecule has 0 aliphatic carbocycles. The lowest BCUT2D eigenvalue weighted by Gasteiger charge is -2.08. The molecule has 3 heteroatoms. The zero-order valence-corrected chi connectivity index (χ0v) is 19.9. The van der Waals surface area contributed by atoms with Crippen LogP contribution in [0.15, 0.2) is 60.9 Å². The number of ether oxygens (including phenoxy) is 1. The predicted octanol–water partition coefficient (Wildman–Crippen LogP) is 7.97. The number of aromatic nitrogens is 2. The molecule has 0 N–H and O–H groups in total. The summed E-state index contributed by atoms with van der Waals surface area (Å²) in [5.74, 6) is 1.44. The van der Waals surface area contributed by atoms with Crippen molar-refractivity contribution in [3.05, 3.63) is 77.6 Å². The summed E-state index contributed by atoms with van der Waals surface area (Å²) in [6.07, 6.45) is 16.2. The van der Waals surface area contributed by atoms with Gasteiger partial charge in [0.1, 0.15) is 6.61 Å². The summed E-state index contributed by atoms with van der Waals surface area (Å²) in [5, 5.41) is 0. The number of benzene rings is 2. The molecule has 0 saturated carbocycles. The van der Waals surface area contributed by atoms with E-state index in [1.807, 2.05) is 0 Å². The molecule has 0 radical (unpaired) electrons. The minimum Gasteiger partial charge on any atom is -0.486 e. The van der Waals surface area contributed by atoms with Crippen molar-refractivity contribution in [2.24, 2.45) is 0 Å². The van der Waals surface area contributed by atoms with E-state index >= 15 is 0 Å². The van der Waals surface area contributed by atoms with Gasteiger partial charge in [-0.25, -0.2) is 9.97 Å². The summed E-state index contributed by atoms with van der Waals surface area (Å²) in [7, 11) is 0. The van der Waals surface area contributed by atoms with Crippen molar-refractivity contribution in [3.8, 4) is 17.1 Å². The molecule has 1 heterocycles. The van der Waals surface area contributed by atoms with Gasteiger partial charge in [-0.15, -0.1) is 0 Å². The third kappa shape index (κ3) is 8.11. The highest BCUT2D eigenvalue weighted by molar-refractivity contribution is 5.55. The Morgan fingerprint density at radius 3 is 1.72 bits per heavy atom. The molecular formula is C29H38N2O. The van der Waals surface area contributed by atoms with Crippen LogP contribution in [0.25, 0.3) is 11.4 Å². The van der Waals surface area contributed by atoms with E-state index in [9.17, 15) is 0 Å². The maximum Gasteiger partial charge on any atom is 0.159 e. The van der Waals surface area contributed by atoms with Gasteiger partial charge in [0.05, 0.1) is 12.4 Å². The van der Waals surface area contributed by atoms with Crippen LogP contribution in [-0.2, 0) is 19.4 Å².